The molecular weight excluding hydrogens is 302 g/mol. The summed E-state index contributed by atoms with van der Waals surface area (Å²) in [6, 6.07) is 0. The number of ether oxygens (including phenoxy) is 2. The molecule has 0 saturated carbocycles. The molecular formula is C20H33NO3. The Kier molecular flexibility index (Phi) is 6.50. The second-order valence-corrected chi connectivity index (χ2v) is 7.40. The maximum absolute atomic E-state index is 12.0. The lowest BCUT2D eigenvalue weighted by molar-refractivity contribution is -0.149. The maximum Gasteiger partial charge on any atom is 0.407 e. The minimum Gasteiger partial charge on any atom is -0.449 e. The molecule has 0 aromatic heterocycles. The first-order valence-corrected chi connectivity index (χ1v) is 9.29. The Bertz CT molecular complexity index is 499. The van der Waals surface area contributed by atoms with Crippen LogP contribution in [0, 0.1) is 23.2 Å². The van der Waals surface area contributed by atoms with Gasteiger partial charge in [0, 0.05) is 17.9 Å². The van der Waals surface area contributed by atoms with Gasteiger partial charge in [0.25, 0.3) is 0 Å². The molecule has 0 spiro atoms. The lowest BCUT2D eigenvalue weighted by Gasteiger charge is -2.54. The smallest absolute Gasteiger partial charge is 0.407 e. The predicted molar refractivity (Wildman–Crippen MR) is 96.8 cm³/mol. The van der Waals surface area contributed by atoms with E-state index >= 15 is 0 Å². The molecule has 4 nitrogen and oxygen atoms in total. The number of carbonyl (C=O) groups excluding carboxylic acids is 1. The average molecular weight is 335 g/mol. The van der Waals surface area contributed by atoms with E-state index < -0.39 is 0 Å². The summed E-state index contributed by atoms with van der Waals surface area (Å²) in [5, 5.41) is 2.83. The fourth-order valence-corrected chi connectivity index (χ4v) is 4.29. The number of amides is 1. The van der Waals surface area contributed by atoms with Crippen LogP contribution in [0.5, 0.6) is 0 Å². The van der Waals surface area contributed by atoms with E-state index in [0.717, 1.165) is 12.8 Å². The van der Waals surface area contributed by atoms with Gasteiger partial charge in [0.05, 0.1) is 12.7 Å². The van der Waals surface area contributed by atoms with Gasteiger partial charge in [-0.15, -0.1) is 0 Å². The molecule has 1 aliphatic heterocycles. The Labute approximate surface area is 146 Å². The van der Waals surface area contributed by atoms with Gasteiger partial charge in [0.1, 0.15) is 6.61 Å². The first-order valence-electron chi connectivity index (χ1n) is 9.29. The molecule has 24 heavy (non-hydrogen) atoms. The molecule has 2 aliphatic rings. The third-order valence-corrected chi connectivity index (χ3v) is 5.94. The fraction of sp³-hybridized carbons (Fsp3) is 0.750. The van der Waals surface area contributed by atoms with E-state index in [-0.39, 0.29) is 17.6 Å². The minimum atomic E-state index is -0.310. The van der Waals surface area contributed by atoms with Gasteiger partial charge in [-0.2, -0.15) is 0 Å². The van der Waals surface area contributed by atoms with Crippen molar-refractivity contribution in [2.45, 2.75) is 53.6 Å². The molecule has 2 bridgehead atoms. The predicted octanol–water partition coefficient (Wildman–Crippen LogP) is 4.32. The minimum absolute atomic E-state index is 0.125. The summed E-state index contributed by atoms with van der Waals surface area (Å²) in [5.74, 6) is 1.10. The Morgan fingerprint density at radius 1 is 1.50 bits per heavy atom. The third-order valence-electron chi connectivity index (χ3n) is 5.94. The SMILES string of the molecule is C/C=C/[C@H]1OC[C@@]2(COC(=O)NCCCC)[C@H](C)C=C(C)[C@H]1[C@H]2C. The van der Waals surface area contributed by atoms with Crippen LogP contribution in [0.2, 0.25) is 0 Å². The molecule has 1 fully saturated rings. The molecule has 136 valence electrons. The normalized spacial score (nSPS) is 35.6. The first-order chi connectivity index (χ1) is 11.5. The molecule has 0 aromatic rings. The number of allylic oxidation sites excluding steroid dienone is 2. The summed E-state index contributed by atoms with van der Waals surface area (Å²) in [6.45, 7) is 12.6. The summed E-state index contributed by atoms with van der Waals surface area (Å²) in [7, 11) is 0. The lowest BCUT2D eigenvalue weighted by atomic mass is 9.56. The van der Waals surface area contributed by atoms with Crippen molar-refractivity contribution in [1.29, 1.82) is 0 Å². The number of hydrogen-bond acceptors (Lipinski definition) is 3. The van der Waals surface area contributed by atoms with Gasteiger partial charge in [-0.1, -0.05) is 51.0 Å². The van der Waals surface area contributed by atoms with Crippen molar-refractivity contribution in [3.63, 3.8) is 0 Å². The number of hydrogen-bond donors (Lipinski definition) is 1. The van der Waals surface area contributed by atoms with Crippen molar-refractivity contribution in [1.82, 2.24) is 5.32 Å². The number of rotatable bonds is 6. The van der Waals surface area contributed by atoms with Crippen LogP contribution in [0.25, 0.3) is 0 Å². The molecule has 0 radical (unpaired) electrons. The highest BCUT2D eigenvalue weighted by atomic mass is 16.6. The Balaban J connectivity index is 2.09. The van der Waals surface area contributed by atoms with E-state index in [0.29, 0.717) is 37.5 Å². The van der Waals surface area contributed by atoms with Crippen molar-refractivity contribution >= 4 is 6.09 Å². The van der Waals surface area contributed by atoms with Crippen LogP contribution in [-0.2, 0) is 9.47 Å². The van der Waals surface area contributed by atoms with Crippen LogP contribution >= 0.6 is 0 Å². The summed E-state index contributed by atoms with van der Waals surface area (Å²) >= 11 is 0. The maximum atomic E-state index is 12.0. The third kappa shape index (κ3) is 3.69. The van der Waals surface area contributed by atoms with E-state index in [2.05, 4.69) is 51.2 Å². The molecule has 1 N–H and O–H groups in total. The van der Waals surface area contributed by atoms with Crippen LogP contribution in [0.15, 0.2) is 23.8 Å². The molecule has 5 atom stereocenters. The zero-order valence-electron chi connectivity index (χ0n) is 15.8. The van der Waals surface area contributed by atoms with Gasteiger partial charge < -0.3 is 14.8 Å². The Morgan fingerprint density at radius 3 is 2.92 bits per heavy atom. The van der Waals surface area contributed by atoms with Gasteiger partial charge in [0.15, 0.2) is 0 Å². The highest BCUT2D eigenvalue weighted by molar-refractivity contribution is 5.67. The average Bonchev–Trinajstić information content (AvgIpc) is 2.53. The van der Waals surface area contributed by atoms with Crippen LogP contribution in [0.4, 0.5) is 4.79 Å². The Morgan fingerprint density at radius 2 is 2.25 bits per heavy atom. The van der Waals surface area contributed by atoms with Crippen molar-refractivity contribution in [3.8, 4) is 0 Å². The van der Waals surface area contributed by atoms with Crippen LogP contribution in [0.1, 0.15) is 47.5 Å². The number of unbranched alkanes of at least 4 members (excludes halogenated alkanes) is 1. The van der Waals surface area contributed by atoms with Gasteiger partial charge in [0.2, 0.25) is 0 Å². The topological polar surface area (TPSA) is 47.6 Å². The Hall–Kier alpha value is -1.29. The second kappa shape index (κ2) is 8.19. The van der Waals surface area contributed by atoms with E-state index in [1.807, 2.05) is 6.92 Å². The molecule has 4 heteroatoms. The number of alkyl carbamates (subject to hydrolysis) is 1. The molecule has 0 aromatic carbocycles. The first kappa shape index (κ1) is 19.0. The quantitative estimate of drug-likeness (QED) is 0.581. The highest BCUT2D eigenvalue weighted by Crippen LogP contribution is 2.52. The zero-order chi connectivity index (χ0) is 17.7. The largest absolute Gasteiger partial charge is 0.449 e. The van der Waals surface area contributed by atoms with Crippen molar-refractivity contribution < 1.29 is 14.3 Å². The van der Waals surface area contributed by atoms with E-state index in [1.165, 1.54) is 5.57 Å². The summed E-state index contributed by atoms with van der Waals surface area (Å²) in [4.78, 5) is 12.0. The van der Waals surface area contributed by atoms with Crippen LogP contribution < -0.4 is 5.32 Å². The zero-order valence-corrected chi connectivity index (χ0v) is 15.8. The molecule has 1 heterocycles. The number of carbonyl (C=O) groups is 1. The van der Waals surface area contributed by atoms with Gasteiger partial charge in [-0.05, 0) is 32.1 Å². The molecule has 1 aliphatic carbocycles. The van der Waals surface area contributed by atoms with Crippen molar-refractivity contribution in [3.05, 3.63) is 23.8 Å². The summed E-state index contributed by atoms with van der Waals surface area (Å²) < 4.78 is 11.8. The molecule has 1 amide bonds. The van der Waals surface area contributed by atoms with Gasteiger partial charge in [-0.25, -0.2) is 4.79 Å². The van der Waals surface area contributed by atoms with Crippen molar-refractivity contribution in [2.24, 2.45) is 23.2 Å². The fourth-order valence-electron chi connectivity index (χ4n) is 4.29. The standard InChI is InChI=1S/C20H33NO3/c1-6-8-10-21-19(22)24-13-20-12-23-17(9-7-2)18(16(20)5)14(3)11-15(20)4/h7,9,11,15-18H,6,8,10,12-13H2,1-5H3,(H,21,22)/b9-7+/t15-,16-,17-,18+,20-/m1/s1. The van der Waals surface area contributed by atoms with Crippen LogP contribution in [-0.4, -0.2) is 32.0 Å². The molecule has 2 rings (SSSR count). The lowest BCUT2D eigenvalue weighted by Crippen LogP contribution is -2.56. The number of fused-ring (bicyclic) bond motifs is 2. The summed E-state index contributed by atoms with van der Waals surface area (Å²) in [5.41, 5.74) is 1.26. The monoisotopic (exact) mass is 335 g/mol. The highest BCUT2D eigenvalue weighted by Gasteiger charge is 2.53. The number of nitrogens with one attached hydrogen (secondary N) is 1. The van der Waals surface area contributed by atoms with Gasteiger partial charge >= 0.3 is 6.09 Å². The van der Waals surface area contributed by atoms with Crippen molar-refractivity contribution in [2.75, 3.05) is 19.8 Å². The van der Waals surface area contributed by atoms with E-state index in [9.17, 15) is 4.79 Å². The second-order valence-electron chi connectivity index (χ2n) is 7.40. The van der Waals surface area contributed by atoms with E-state index in [4.69, 9.17) is 9.47 Å². The van der Waals surface area contributed by atoms with Crippen LogP contribution in [0.3, 0.4) is 0 Å². The molecule has 1 saturated heterocycles. The summed E-state index contributed by atoms with van der Waals surface area (Å²) in [6.07, 6.45) is 8.41. The van der Waals surface area contributed by atoms with Gasteiger partial charge in [-0.3, -0.25) is 0 Å². The van der Waals surface area contributed by atoms with E-state index in [1.54, 1.807) is 0 Å². The molecule has 0 unspecified atom stereocenters.